The van der Waals surface area contributed by atoms with Gasteiger partial charge in [0.1, 0.15) is 6.61 Å². The van der Waals surface area contributed by atoms with Gasteiger partial charge in [-0.1, -0.05) is 166 Å². The van der Waals surface area contributed by atoms with Crippen molar-refractivity contribution in [1.29, 1.82) is 0 Å². The summed E-state index contributed by atoms with van der Waals surface area (Å²) in [7, 11) is 0. The molecule has 0 heterocycles. The fourth-order valence-electron chi connectivity index (χ4n) is 5.92. The molecule has 0 aliphatic rings. The lowest BCUT2D eigenvalue weighted by Crippen LogP contribution is -2.28. The molecule has 0 bridgehead atoms. The lowest BCUT2D eigenvalue weighted by atomic mass is 10.0. The quantitative estimate of drug-likeness (QED) is 0.0397. The van der Waals surface area contributed by atoms with Crippen molar-refractivity contribution in [3.8, 4) is 0 Å². The smallest absolute Gasteiger partial charge is 0.306 e. The van der Waals surface area contributed by atoms with E-state index in [1.165, 1.54) is 135 Å². The zero-order chi connectivity index (χ0) is 35.7. The van der Waals surface area contributed by atoms with Crippen LogP contribution in [0.2, 0.25) is 0 Å². The Morgan fingerprint density at radius 3 is 1.27 bits per heavy atom. The van der Waals surface area contributed by atoms with Gasteiger partial charge in [-0.25, -0.2) is 0 Å². The van der Waals surface area contributed by atoms with Crippen molar-refractivity contribution < 1.29 is 24.2 Å². The summed E-state index contributed by atoms with van der Waals surface area (Å²) in [5, 5.41) is 9.54. The number of hydrogen-bond donors (Lipinski definition) is 1. The van der Waals surface area contributed by atoms with Gasteiger partial charge in [0.05, 0.1) is 6.61 Å². The summed E-state index contributed by atoms with van der Waals surface area (Å²) in [5.41, 5.74) is 0. The molecular formula is C44H80O5. The summed E-state index contributed by atoms with van der Waals surface area (Å²) in [6.45, 7) is 4.08. The predicted octanol–water partition coefficient (Wildman–Crippen LogP) is 13.2. The molecule has 286 valence electrons. The normalized spacial score (nSPS) is 12.5. The van der Waals surface area contributed by atoms with Gasteiger partial charge in [-0.2, -0.15) is 0 Å². The maximum Gasteiger partial charge on any atom is 0.306 e. The van der Waals surface area contributed by atoms with Gasteiger partial charge in [-0.15, -0.1) is 0 Å². The Labute approximate surface area is 304 Å². The van der Waals surface area contributed by atoms with Crippen LogP contribution in [0.1, 0.15) is 213 Å². The number of carbonyl (C=O) groups excluding carboxylic acids is 2. The number of carbonyl (C=O) groups is 2. The minimum atomic E-state index is -0.789. The lowest BCUT2D eigenvalue weighted by molar-refractivity contribution is -0.161. The summed E-state index contributed by atoms with van der Waals surface area (Å²) in [5.74, 6) is -0.648. The number of aliphatic hydroxyl groups excluding tert-OH is 1. The molecule has 0 aliphatic carbocycles. The van der Waals surface area contributed by atoms with Crippen LogP contribution in [-0.2, 0) is 19.1 Å². The molecule has 0 saturated carbocycles. The monoisotopic (exact) mass is 689 g/mol. The zero-order valence-corrected chi connectivity index (χ0v) is 32.5. The maximum absolute atomic E-state index is 12.1. The molecule has 0 spiro atoms. The van der Waals surface area contributed by atoms with Crippen LogP contribution in [0.3, 0.4) is 0 Å². The Morgan fingerprint density at radius 1 is 0.449 bits per heavy atom. The van der Waals surface area contributed by atoms with Crippen molar-refractivity contribution >= 4 is 11.9 Å². The molecule has 0 aromatic heterocycles. The van der Waals surface area contributed by atoms with E-state index >= 15 is 0 Å². The van der Waals surface area contributed by atoms with Crippen molar-refractivity contribution in [1.82, 2.24) is 0 Å². The second kappa shape index (κ2) is 40.5. The summed E-state index contributed by atoms with van der Waals surface area (Å²) >= 11 is 0. The van der Waals surface area contributed by atoms with Crippen LogP contribution in [0, 0.1) is 0 Å². The van der Waals surface area contributed by atoms with Crippen LogP contribution in [0.25, 0.3) is 0 Å². The fourth-order valence-corrected chi connectivity index (χ4v) is 5.92. The summed E-state index contributed by atoms with van der Waals surface area (Å²) in [4.78, 5) is 24.2. The second-order valence-electron chi connectivity index (χ2n) is 14.0. The number of unbranched alkanes of at least 4 members (excludes halogenated alkanes) is 24. The third kappa shape index (κ3) is 38.8. The molecule has 5 nitrogen and oxygen atoms in total. The molecule has 5 heteroatoms. The third-order valence-corrected chi connectivity index (χ3v) is 9.13. The van der Waals surface area contributed by atoms with Gasteiger partial charge in [0.25, 0.3) is 0 Å². The van der Waals surface area contributed by atoms with E-state index in [2.05, 4.69) is 50.3 Å². The van der Waals surface area contributed by atoms with E-state index in [9.17, 15) is 14.7 Å². The largest absolute Gasteiger partial charge is 0.462 e. The molecule has 49 heavy (non-hydrogen) atoms. The van der Waals surface area contributed by atoms with E-state index in [4.69, 9.17) is 9.47 Å². The molecule has 0 fully saturated rings. The molecular weight excluding hydrogens is 608 g/mol. The van der Waals surface area contributed by atoms with Crippen molar-refractivity contribution in [2.75, 3.05) is 13.2 Å². The number of ether oxygens (including phenoxy) is 2. The molecule has 0 rings (SSSR count). The number of hydrogen-bond acceptors (Lipinski definition) is 5. The number of allylic oxidation sites excluding steroid dienone is 6. The second-order valence-corrected chi connectivity index (χ2v) is 14.0. The van der Waals surface area contributed by atoms with Gasteiger partial charge in [-0.3, -0.25) is 9.59 Å². The van der Waals surface area contributed by atoms with Crippen LogP contribution in [0.4, 0.5) is 0 Å². The molecule has 0 saturated heterocycles. The van der Waals surface area contributed by atoms with E-state index in [-0.39, 0.29) is 25.2 Å². The van der Waals surface area contributed by atoms with Gasteiger partial charge in [0.15, 0.2) is 6.10 Å². The van der Waals surface area contributed by atoms with Gasteiger partial charge in [0.2, 0.25) is 0 Å². The predicted molar refractivity (Wildman–Crippen MR) is 210 cm³/mol. The SMILES string of the molecule is CCCCC/C=C/CCCCCCCC(=O)O[C@@H](CO)COC(=O)CCC/C=C/CC/C=C/CCCCCCCCCCCCCCCC. The van der Waals surface area contributed by atoms with Gasteiger partial charge < -0.3 is 14.6 Å². The van der Waals surface area contributed by atoms with Gasteiger partial charge in [0, 0.05) is 12.8 Å². The molecule has 1 N–H and O–H groups in total. The highest BCUT2D eigenvalue weighted by atomic mass is 16.6. The number of esters is 2. The minimum absolute atomic E-state index is 0.0887. The Balaban J connectivity index is 3.57. The summed E-state index contributed by atoms with van der Waals surface area (Å²) in [6, 6.07) is 0. The van der Waals surface area contributed by atoms with Crippen molar-refractivity contribution in [3.05, 3.63) is 36.5 Å². The van der Waals surface area contributed by atoms with Crippen molar-refractivity contribution in [3.63, 3.8) is 0 Å². The Hall–Kier alpha value is -1.88. The summed E-state index contributed by atoms with van der Waals surface area (Å²) in [6.07, 6.45) is 49.4. The zero-order valence-electron chi connectivity index (χ0n) is 32.5. The molecule has 0 aromatic carbocycles. The third-order valence-electron chi connectivity index (χ3n) is 9.13. The molecule has 1 atom stereocenters. The van der Waals surface area contributed by atoms with Crippen LogP contribution in [-0.4, -0.2) is 36.4 Å². The standard InChI is InChI=1S/C44H80O5/c1-3-5-7-9-11-13-15-17-18-19-20-21-22-23-24-25-26-27-29-30-32-34-36-38-43(46)48-41-42(40-45)49-44(47)39-37-35-33-31-28-16-14-12-10-8-6-4-2/h12,14,25-26,30,32,42,45H,3-11,13,15-24,27-29,31,33-41H2,1-2H3/b14-12+,26-25+,32-30+/t42-/m0/s1. The molecule has 0 radical (unpaired) electrons. The van der Waals surface area contributed by atoms with Gasteiger partial charge in [-0.05, 0) is 70.6 Å². The van der Waals surface area contributed by atoms with Crippen LogP contribution in [0.5, 0.6) is 0 Å². The average Bonchev–Trinajstić information content (AvgIpc) is 3.10. The Bertz CT molecular complexity index is 786. The van der Waals surface area contributed by atoms with E-state index < -0.39 is 6.10 Å². The van der Waals surface area contributed by atoms with Crippen LogP contribution in [0.15, 0.2) is 36.5 Å². The van der Waals surface area contributed by atoms with Crippen molar-refractivity contribution in [2.45, 2.75) is 219 Å². The highest BCUT2D eigenvalue weighted by Gasteiger charge is 2.16. The first-order chi connectivity index (χ1) is 24.1. The van der Waals surface area contributed by atoms with E-state index in [0.717, 1.165) is 51.4 Å². The first kappa shape index (κ1) is 47.1. The first-order valence-corrected chi connectivity index (χ1v) is 21.0. The topological polar surface area (TPSA) is 72.8 Å². The van der Waals surface area contributed by atoms with Crippen LogP contribution < -0.4 is 0 Å². The Kier molecular flexibility index (Phi) is 39.0. The highest BCUT2D eigenvalue weighted by Crippen LogP contribution is 2.14. The van der Waals surface area contributed by atoms with E-state index in [1.54, 1.807) is 0 Å². The number of aliphatic hydroxyl groups is 1. The van der Waals surface area contributed by atoms with Crippen LogP contribution >= 0.6 is 0 Å². The van der Waals surface area contributed by atoms with E-state index in [1.807, 2.05) is 0 Å². The summed E-state index contributed by atoms with van der Waals surface area (Å²) < 4.78 is 10.6. The fraction of sp³-hybridized carbons (Fsp3) is 0.818. The van der Waals surface area contributed by atoms with Gasteiger partial charge >= 0.3 is 11.9 Å². The lowest BCUT2D eigenvalue weighted by Gasteiger charge is -2.15. The highest BCUT2D eigenvalue weighted by molar-refractivity contribution is 5.70. The van der Waals surface area contributed by atoms with E-state index in [0.29, 0.717) is 12.8 Å². The Morgan fingerprint density at radius 2 is 0.796 bits per heavy atom. The average molecular weight is 689 g/mol. The molecule has 0 amide bonds. The number of rotatable bonds is 38. The van der Waals surface area contributed by atoms with Crippen molar-refractivity contribution in [2.24, 2.45) is 0 Å². The molecule has 0 aromatic rings. The minimum Gasteiger partial charge on any atom is -0.462 e. The first-order valence-electron chi connectivity index (χ1n) is 21.0. The molecule has 0 unspecified atom stereocenters. The maximum atomic E-state index is 12.1. The molecule has 0 aliphatic heterocycles.